The normalized spacial score (nSPS) is 18.2. The van der Waals surface area contributed by atoms with E-state index in [2.05, 4.69) is 0 Å². The summed E-state index contributed by atoms with van der Waals surface area (Å²) in [5.74, 6) is -0.930. The lowest BCUT2D eigenvalue weighted by Crippen LogP contribution is -2.20. The van der Waals surface area contributed by atoms with E-state index in [1.807, 2.05) is 4.90 Å². The van der Waals surface area contributed by atoms with Crippen molar-refractivity contribution in [2.45, 2.75) is 12.8 Å². The van der Waals surface area contributed by atoms with E-state index >= 15 is 0 Å². The summed E-state index contributed by atoms with van der Waals surface area (Å²) < 4.78 is 0. The maximum Gasteiger partial charge on any atom is 0.342 e. The Labute approximate surface area is 115 Å². The lowest BCUT2D eigenvalue weighted by atomic mass is 10.1. The molecule has 1 aromatic carbocycles. The quantitative estimate of drug-likeness (QED) is 0.625. The summed E-state index contributed by atoms with van der Waals surface area (Å²) in [4.78, 5) is 23.2. The molecule has 1 aliphatic heterocycles. The van der Waals surface area contributed by atoms with E-state index in [0.29, 0.717) is 18.0 Å². The number of aromatic carboxylic acids is 1. The second kappa shape index (κ2) is 5.87. The molecule has 2 N–H and O–H groups in total. The van der Waals surface area contributed by atoms with Gasteiger partial charge in [0.2, 0.25) is 0 Å². The number of benzene rings is 1. The van der Waals surface area contributed by atoms with Crippen LogP contribution >= 0.6 is 0 Å². The number of hydrogen-bond acceptors (Lipinski definition) is 5. The van der Waals surface area contributed by atoms with Crippen molar-refractivity contribution in [2.24, 2.45) is 5.92 Å². The van der Waals surface area contributed by atoms with Gasteiger partial charge < -0.3 is 15.1 Å². The number of carboxylic acids is 1. The molecule has 1 aromatic rings. The molecule has 7 nitrogen and oxygen atoms in total. The summed E-state index contributed by atoms with van der Waals surface area (Å²) in [6, 6.07) is 4.18. The molecule has 1 heterocycles. The summed E-state index contributed by atoms with van der Waals surface area (Å²) in [6.45, 7) is 1.62. The molecule has 108 valence electrons. The van der Waals surface area contributed by atoms with Crippen molar-refractivity contribution in [3.8, 4) is 0 Å². The molecule has 7 heteroatoms. The van der Waals surface area contributed by atoms with Crippen LogP contribution in [0.3, 0.4) is 0 Å². The molecule has 0 bridgehead atoms. The van der Waals surface area contributed by atoms with Crippen LogP contribution in [0.1, 0.15) is 23.2 Å². The molecule has 1 fully saturated rings. The van der Waals surface area contributed by atoms with Gasteiger partial charge in [0.25, 0.3) is 5.69 Å². The molecule has 2 rings (SSSR count). The van der Waals surface area contributed by atoms with E-state index in [-0.39, 0.29) is 17.9 Å². The van der Waals surface area contributed by atoms with E-state index in [4.69, 9.17) is 10.2 Å². The summed E-state index contributed by atoms with van der Waals surface area (Å²) in [7, 11) is 0. The maximum atomic E-state index is 11.0. The van der Waals surface area contributed by atoms with Gasteiger partial charge in [-0.25, -0.2) is 4.79 Å². The van der Waals surface area contributed by atoms with Crippen LogP contribution in [0.25, 0.3) is 0 Å². The number of nitro benzene ring substituents is 1. The van der Waals surface area contributed by atoms with Gasteiger partial charge in [-0.1, -0.05) is 0 Å². The average molecular weight is 280 g/mol. The first kappa shape index (κ1) is 14.3. The number of aliphatic hydroxyl groups excluding tert-OH is 1. The van der Waals surface area contributed by atoms with Crippen molar-refractivity contribution >= 4 is 17.3 Å². The lowest BCUT2D eigenvalue weighted by Gasteiger charge is -2.18. The van der Waals surface area contributed by atoms with Crippen molar-refractivity contribution in [3.63, 3.8) is 0 Å². The fraction of sp³-hybridized carbons (Fsp3) is 0.462. The minimum atomic E-state index is -1.30. The molecule has 0 radical (unpaired) electrons. The zero-order valence-corrected chi connectivity index (χ0v) is 10.9. The van der Waals surface area contributed by atoms with Crippen LogP contribution in [-0.2, 0) is 0 Å². The van der Waals surface area contributed by atoms with Crippen molar-refractivity contribution in [1.82, 2.24) is 0 Å². The minimum absolute atomic E-state index is 0.136. The van der Waals surface area contributed by atoms with Crippen LogP contribution in [-0.4, -0.2) is 40.8 Å². The van der Waals surface area contributed by atoms with Crippen LogP contribution in [0.5, 0.6) is 0 Å². The predicted molar refractivity (Wildman–Crippen MR) is 72.1 cm³/mol. The molecule has 0 aromatic heterocycles. The largest absolute Gasteiger partial charge is 0.477 e. The van der Waals surface area contributed by atoms with Gasteiger partial charge in [-0.15, -0.1) is 0 Å². The zero-order valence-electron chi connectivity index (χ0n) is 10.9. The van der Waals surface area contributed by atoms with Gasteiger partial charge in [0.05, 0.1) is 4.92 Å². The molecule has 1 unspecified atom stereocenters. The van der Waals surface area contributed by atoms with Crippen LogP contribution in [0.15, 0.2) is 18.2 Å². The van der Waals surface area contributed by atoms with Gasteiger partial charge in [0.1, 0.15) is 5.56 Å². The monoisotopic (exact) mass is 280 g/mol. The molecule has 1 aliphatic rings. The molecule has 0 saturated carbocycles. The first-order valence-corrected chi connectivity index (χ1v) is 6.40. The summed E-state index contributed by atoms with van der Waals surface area (Å²) in [5, 5.41) is 28.8. The molecular formula is C13H16N2O5. The molecular weight excluding hydrogens is 264 g/mol. The summed E-state index contributed by atoms with van der Waals surface area (Å²) >= 11 is 0. The van der Waals surface area contributed by atoms with E-state index in [1.165, 1.54) is 12.1 Å². The predicted octanol–water partition coefficient (Wildman–Crippen LogP) is 1.50. The first-order valence-electron chi connectivity index (χ1n) is 6.40. The van der Waals surface area contributed by atoms with Crippen molar-refractivity contribution in [2.75, 3.05) is 24.6 Å². The Hall–Kier alpha value is -2.15. The Morgan fingerprint density at radius 1 is 1.50 bits per heavy atom. The number of aliphatic hydroxyl groups is 1. The molecule has 0 spiro atoms. The number of carbonyl (C=O) groups is 1. The molecule has 1 saturated heterocycles. The van der Waals surface area contributed by atoms with Gasteiger partial charge in [0.15, 0.2) is 0 Å². The number of anilines is 1. The molecule has 1 atom stereocenters. The second-order valence-corrected chi connectivity index (χ2v) is 4.88. The third-order valence-corrected chi connectivity index (χ3v) is 3.60. The molecule has 0 amide bonds. The van der Waals surface area contributed by atoms with Crippen LogP contribution in [0, 0.1) is 16.0 Å². The standard InChI is InChI=1S/C13H16N2O5/c16-6-4-9-3-5-14(8-9)10-1-2-11(13(17)18)12(7-10)15(19)20/h1-2,7,9,16H,3-6,8H2,(H,17,18). The van der Waals surface area contributed by atoms with Gasteiger partial charge >= 0.3 is 5.97 Å². The van der Waals surface area contributed by atoms with Gasteiger partial charge in [0, 0.05) is 31.5 Å². The highest BCUT2D eigenvalue weighted by Crippen LogP contribution is 2.30. The Bertz CT molecular complexity index is 531. The first-order chi connectivity index (χ1) is 9.52. The van der Waals surface area contributed by atoms with Crippen molar-refractivity contribution in [3.05, 3.63) is 33.9 Å². The summed E-state index contributed by atoms with van der Waals surface area (Å²) in [5.41, 5.74) is -0.0346. The van der Waals surface area contributed by atoms with E-state index in [1.54, 1.807) is 6.07 Å². The highest BCUT2D eigenvalue weighted by molar-refractivity contribution is 5.93. The Morgan fingerprint density at radius 3 is 2.85 bits per heavy atom. The number of nitrogens with zero attached hydrogens (tertiary/aromatic N) is 2. The van der Waals surface area contributed by atoms with Crippen LogP contribution in [0.2, 0.25) is 0 Å². The maximum absolute atomic E-state index is 11.0. The van der Waals surface area contributed by atoms with E-state index < -0.39 is 10.9 Å². The van der Waals surface area contributed by atoms with Gasteiger partial charge in [-0.05, 0) is 30.9 Å². The van der Waals surface area contributed by atoms with E-state index in [9.17, 15) is 14.9 Å². The SMILES string of the molecule is O=C(O)c1ccc(N2CCC(CCO)C2)cc1[N+](=O)[O-]. The fourth-order valence-electron chi connectivity index (χ4n) is 2.53. The van der Waals surface area contributed by atoms with E-state index in [0.717, 1.165) is 19.5 Å². The number of nitro groups is 1. The van der Waals surface area contributed by atoms with Gasteiger partial charge in [-0.2, -0.15) is 0 Å². The highest BCUT2D eigenvalue weighted by atomic mass is 16.6. The third-order valence-electron chi connectivity index (χ3n) is 3.60. The van der Waals surface area contributed by atoms with Crippen molar-refractivity contribution in [1.29, 1.82) is 0 Å². The lowest BCUT2D eigenvalue weighted by molar-refractivity contribution is -0.385. The Balaban J connectivity index is 2.24. The van der Waals surface area contributed by atoms with Crippen LogP contribution < -0.4 is 4.90 Å². The fourth-order valence-corrected chi connectivity index (χ4v) is 2.53. The average Bonchev–Trinajstić information content (AvgIpc) is 2.87. The number of rotatable bonds is 5. The number of hydrogen-bond donors (Lipinski definition) is 2. The molecule has 20 heavy (non-hydrogen) atoms. The van der Waals surface area contributed by atoms with Gasteiger partial charge in [-0.3, -0.25) is 10.1 Å². The number of carboxylic acid groups (broad SMARTS) is 1. The highest BCUT2D eigenvalue weighted by Gasteiger charge is 2.26. The zero-order chi connectivity index (χ0) is 14.7. The smallest absolute Gasteiger partial charge is 0.342 e. The minimum Gasteiger partial charge on any atom is -0.477 e. The topological polar surface area (TPSA) is 104 Å². The Kier molecular flexibility index (Phi) is 4.19. The second-order valence-electron chi connectivity index (χ2n) is 4.88. The summed E-state index contributed by atoms with van der Waals surface area (Å²) in [6.07, 6.45) is 1.64. The van der Waals surface area contributed by atoms with Crippen molar-refractivity contribution < 1.29 is 19.9 Å². The third kappa shape index (κ3) is 2.88. The molecule has 0 aliphatic carbocycles. The van der Waals surface area contributed by atoms with Crippen LogP contribution in [0.4, 0.5) is 11.4 Å². The Morgan fingerprint density at radius 2 is 2.25 bits per heavy atom.